The van der Waals surface area contributed by atoms with Crippen molar-refractivity contribution < 1.29 is 18.0 Å². The number of carbonyl (C=O) groups excluding carboxylic acids is 1. The van der Waals surface area contributed by atoms with Gasteiger partial charge in [-0.25, -0.2) is 0 Å². The van der Waals surface area contributed by atoms with Crippen molar-refractivity contribution in [3.63, 3.8) is 0 Å². The van der Waals surface area contributed by atoms with E-state index in [1.54, 1.807) is 0 Å². The van der Waals surface area contributed by atoms with Crippen molar-refractivity contribution in [3.8, 4) is 0 Å². The van der Waals surface area contributed by atoms with Gasteiger partial charge < -0.3 is 0 Å². The maximum atomic E-state index is 12.9. The summed E-state index contributed by atoms with van der Waals surface area (Å²) >= 11 is 0. The summed E-state index contributed by atoms with van der Waals surface area (Å²) in [6.45, 7) is 2.12. The summed E-state index contributed by atoms with van der Waals surface area (Å²) in [4.78, 5) is 16.2. The summed E-state index contributed by atoms with van der Waals surface area (Å²) in [6, 6.07) is 2.78. The lowest BCUT2D eigenvalue weighted by molar-refractivity contribution is -0.181. The number of amides is 1. The van der Waals surface area contributed by atoms with E-state index in [1.165, 1.54) is 35.5 Å². The van der Waals surface area contributed by atoms with E-state index in [-0.39, 0.29) is 11.6 Å². The first-order chi connectivity index (χ1) is 8.23. The Hall–Kier alpha value is -1.85. The Morgan fingerprint density at radius 3 is 2.39 bits per heavy atom. The lowest BCUT2D eigenvalue weighted by atomic mass is 9.87. The van der Waals surface area contributed by atoms with Crippen molar-refractivity contribution in [2.24, 2.45) is 0 Å². The van der Waals surface area contributed by atoms with Crippen molar-refractivity contribution in [2.75, 3.05) is 4.90 Å². The molecule has 3 nitrogen and oxygen atoms in total. The smallest absolute Gasteiger partial charge is 0.284 e. The molecular formula is C12H11F3N2O. The molecule has 0 spiro atoms. The molecule has 1 aromatic heterocycles. The summed E-state index contributed by atoms with van der Waals surface area (Å²) in [5, 5.41) is 0. The Morgan fingerprint density at radius 2 is 1.94 bits per heavy atom. The van der Waals surface area contributed by atoms with Gasteiger partial charge in [0.05, 0.1) is 11.4 Å². The van der Waals surface area contributed by atoms with Crippen LogP contribution in [0.2, 0.25) is 0 Å². The minimum Gasteiger partial charge on any atom is -0.284 e. The molecule has 0 atom stereocenters. The molecule has 0 radical (unpaired) electrons. The maximum absolute atomic E-state index is 12.9. The molecular weight excluding hydrogens is 245 g/mol. The lowest BCUT2D eigenvalue weighted by Crippen LogP contribution is -2.38. The maximum Gasteiger partial charge on any atom is 0.399 e. The van der Waals surface area contributed by atoms with E-state index in [4.69, 9.17) is 0 Å². The van der Waals surface area contributed by atoms with E-state index in [1.807, 2.05) is 0 Å². The van der Waals surface area contributed by atoms with Gasteiger partial charge in [0.2, 0.25) is 0 Å². The Bertz CT molecular complexity index is 520. The molecule has 0 fully saturated rings. The summed E-state index contributed by atoms with van der Waals surface area (Å²) in [6.07, 6.45) is -0.276. The Balaban J connectivity index is 2.39. The summed E-state index contributed by atoms with van der Waals surface area (Å²) in [5.74, 6) is -0.253. The number of pyridine rings is 1. The number of aromatic nitrogens is 1. The molecule has 1 aromatic rings. The van der Waals surface area contributed by atoms with Crippen LogP contribution in [0.5, 0.6) is 0 Å². The van der Waals surface area contributed by atoms with Gasteiger partial charge in [-0.1, -0.05) is 0 Å². The van der Waals surface area contributed by atoms with Crippen LogP contribution in [0.3, 0.4) is 0 Å². The number of hydrogen-bond donors (Lipinski definition) is 0. The van der Waals surface area contributed by atoms with Crippen LogP contribution in [0, 0.1) is 0 Å². The number of rotatable bonds is 2. The van der Waals surface area contributed by atoms with Crippen LogP contribution in [0.1, 0.15) is 19.5 Å². The number of alkyl halides is 3. The molecule has 0 aliphatic carbocycles. The van der Waals surface area contributed by atoms with Gasteiger partial charge in [0.15, 0.2) is 0 Å². The zero-order valence-electron chi connectivity index (χ0n) is 9.82. The van der Waals surface area contributed by atoms with Crippen molar-refractivity contribution >= 4 is 11.6 Å². The first kappa shape index (κ1) is 12.6. The zero-order chi connectivity index (χ0) is 13.6. The van der Waals surface area contributed by atoms with Crippen molar-refractivity contribution in [2.45, 2.75) is 25.4 Å². The molecule has 0 N–H and O–H groups in total. The predicted octanol–water partition coefficient (Wildman–Crippen LogP) is 2.78. The van der Waals surface area contributed by atoms with Crippen LogP contribution in [-0.4, -0.2) is 17.1 Å². The van der Waals surface area contributed by atoms with Crippen molar-refractivity contribution in [1.82, 2.24) is 4.98 Å². The Labute approximate surface area is 102 Å². The highest BCUT2D eigenvalue weighted by atomic mass is 19.4. The van der Waals surface area contributed by atoms with E-state index < -0.39 is 11.6 Å². The quantitative estimate of drug-likeness (QED) is 0.815. The SMILES string of the molecule is CC(C)(c1cc(N2C=CC2=O)ccn1)C(F)(F)F. The molecule has 0 saturated heterocycles. The second kappa shape index (κ2) is 3.83. The molecule has 0 bridgehead atoms. The van der Waals surface area contributed by atoms with E-state index in [9.17, 15) is 18.0 Å². The summed E-state index contributed by atoms with van der Waals surface area (Å²) in [7, 11) is 0. The number of nitrogens with zero attached hydrogens (tertiary/aromatic N) is 2. The molecule has 0 aromatic carbocycles. The van der Waals surface area contributed by atoms with Gasteiger partial charge in [-0.2, -0.15) is 13.2 Å². The van der Waals surface area contributed by atoms with E-state index in [0.29, 0.717) is 5.69 Å². The van der Waals surface area contributed by atoms with Gasteiger partial charge in [0.1, 0.15) is 5.41 Å². The minimum atomic E-state index is -4.40. The largest absolute Gasteiger partial charge is 0.399 e. The van der Waals surface area contributed by atoms with Crippen LogP contribution >= 0.6 is 0 Å². The predicted molar refractivity (Wildman–Crippen MR) is 59.9 cm³/mol. The minimum absolute atomic E-state index is 0.111. The van der Waals surface area contributed by atoms with E-state index in [2.05, 4.69) is 4.98 Å². The van der Waals surface area contributed by atoms with Gasteiger partial charge in [-0.05, 0) is 26.0 Å². The third-order valence-electron chi connectivity index (χ3n) is 2.97. The third kappa shape index (κ3) is 1.87. The molecule has 1 aliphatic rings. The molecule has 6 heteroatoms. The third-order valence-corrected chi connectivity index (χ3v) is 2.97. The van der Waals surface area contributed by atoms with Gasteiger partial charge in [0, 0.05) is 18.5 Å². The van der Waals surface area contributed by atoms with Crippen LogP contribution in [0.25, 0.3) is 0 Å². The van der Waals surface area contributed by atoms with Gasteiger partial charge in [-0.15, -0.1) is 0 Å². The first-order valence-corrected chi connectivity index (χ1v) is 5.28. The van der Waals surface area contributed by atoms with Crippen LogP contribution in [0.4, 0.5) is 18.9 Å². The van der Waals surface area contributed by atoms with Crippen LogP contribution < -0.4 is 4.90 Å². The topological polar surface area (TPSA) is 33.2 Å². The van der Waals surface area contributed by atoms with E-state index >= 15 is 0 Å². The fourth-order valence-electron chi connectivity index (χ4n) is 1.48. The molecule has 2 rings (SSSR count). The molecule has 1 amide bonds. The van der Waals surface area contributed by atoms with Crippen LogP contribution in [0.15, 0.2) is 30.6 Å². The van der Waals surface area contributed by atoms with Gasteiger partial charge >= 0.3 is 6.18 Å². The molecule has 18 heavy (non-hydrogen) atoms. The lowest BCUT2D eigenvalue weighted by Gasteiger charge is -2.29. The first-order valence-electron chi connectivity index (χ1n) is 5.28. The average Bonchev–Trinajstić information content (AvgIpc) is 2.26. The standard InChI is InChI=1S/C12H11F3N2O/c1-11(2,12(13,14)15)9-7-8(3-5-16-9)17-6-4-10(17)18/h3-7H,1-2H3. The van der Waals surface area contributed by atoms with Gasteiger partial charge in [0.25, 0.3) is 5.91 Å². The van der Waals surface area contributed by atoms with Crippen molar-refractivity contribution in [3.05, 3.63) is 36.3 Å². The number of halogens is 3. The zero-order valence-corrected chi connectivity index (χ0v) is 9.82. The number of hydrogen-bond acceptors (Lipinski definition) is 2. The number of carbonyl (C=O) groups is 1. The van der Waals surface area contributed by atoms with Crippen molar-refractivity contribution in [1.29, 1.82) is 0 Å². The monoisotopic (exact) mass is 256 g/mol. The highest BCUT2D eigenvalue weighted by Gasteiger charge is 2.49. The average molecular weight is 256 g/mol. The fraction of sp³-hybridized carbons (Fsp3) is 0.333. The molecule has 0 unspecified atom stereocenters. The normalized spacial score (nSPS) is 15.8. The summed E-state index contributed by atoms with van der Waals surface area (Å²) in [5.41, 5.74) is -1.77. The molecule has 96 valence electrons. The van der Waals surface area contributed by atoms with Crippen LogP contribution in [-0.2, 0) is 10.2 Å². The fourth-order valence-corrected chi connectivity index (χ4v) is 1.48. The van der Waals surface area contributed by atoms with Gasteiger partial charge in [-0.3, -0.25) is 14.7 Å². The molecule has 2 heterocycles. The Morgan fingerprint density at radius 1 is 1.28 bits per heavy atom. The highest BCUT2D eigenvalue weighted by Crippen LogP contribution is 2.40. The second-order valence-corrected chi connectivity index (χ2v) is 4.55. The Kier molecular flexibility index (Phi) is 2.68. The summed E-state index contributed by atoms with van der Waals surface area (Å²) < 4.78 is 38.7. The molecule has 1 aliphatic heterocycles. The second-order valence-electron chi connectivity index (χ2n) is 4.55. The molecule has 0 saturated carbocycles. The number of anilines is 1. The van der Waals surface area contributed by atoms with E-state index in [0.717, 1.165) is 13.8 Å². The highest BCUT2D eigenvalue weighted by molar-refractivity contribution is 6.09.